The number of hydrogen-bond acceptors (Lipinski definition) is 3. The number of carbonyl (C=O) groups is 1. The van der Waals surface area contributed by atoms with E-state index in [0.717, 1.165) is 18.7 Å². The summed E-state index contributed by atoms with van der Waals surface area (Å²) in [5.41, 5.74) is 1.13. The lowest BCUT2D eigenvalue weighted by Crippen LogP contribution is -2.45. The molecule has 0 radical (unpaired) electrons. The van der Waals surface area contributed by atoms with Crippen LogP contribution in [0.4, 0.5) is 4.39 Å². The highest BCUT2D eigenvalue weighted by Crippen LogP contribution is 2.10. The van der Waals surface area contributed by atoms with Crippen molar-refractivity contribution in [1.29, 1.82) is 0 Å². The molecule has 1 amide bonds. The van der Waals surface area contributed by atoms with Crippen LogP contribution in [-0.2, 0) is 4.74 Å². The molecule has 2 N–H and O–H groups in total. The van der Waals surface area contributed by atoms with Gasteiger partial charge in [0.2, 0.25) is 0 Å². The number of halogens is 1. The van der Waals surface area contributed by atoms with Gasteiger partial charge < -0.3 is 15.4 Å². The van der Waals surface area contributed by atoms with Gasteiger partial charge in [-0.1, -0.05) is 6.07 Å². The molecule has 1 fully saturated rings. The molecule has 98 valence electrons. The Morgan fingerprint density at radius 3 is 3.17 bits per heavy atom. The molecule has 0 spiro atoms. The van der Waals surface area contributed by atoms with Crippen LogP contribution in [0, 0.1) is 12.7 Å². The van der Waals surface area contributed by atoms with Crippen LogP contribution in [0.5, 0.6) is 0 Å². The molecule has 5 heteroatoms. The smallest absolute Gasteiger partial charge is 0.251 e. The van der Waals surface area contributed by atoms with Gasteiger partial charge in [-0.3, -0.25) is 4.79 Å². The predicted octanol–water partition coefficient (Wildman–Crippen LogP) is 0.852. The second kappa shape index (κ2) is 5.93. The van der Waals surface area contributed by atoms with Gasteiger partial charge in [-0.15, -0.1) is 0 Å². The van der Waals surface area contributed by atoms with Crippen LogP contribution in [0.25, 0.3) is 0 Å². The van der Waals surface area contributed by atoms with E-state index >= 15 is 0 Å². The standard InChI is InChI=1S/C13H17FN2O2/c1-9-2-3-10(14)6-12(9)13(17)16-8-11-7-15-4-5-18-11/h2-3,6,11,15H,4-5,7-8H2,1H3,(H,16,17). The number of rotatable bonds is 3. The molecule has 0 saturated carbocycles. The first kappa shape index (κ1) is 13.0. The number of morpholine rings is 1. The number of aryl methyl sites for hydroxylation is 1. The number of benzene rings is 1. The third-order valence-electron chi connectivity index (χ3n) is 2.94. The summed E-state index contributed by atoms with van der Waals surface area (Å²) < 4.78 is 18.6. The minimum atomic E-state index is -0.402. The summed E-state index contributed by atoms with van der Waals surface area (Å²) >= 11 is 0. The summed E-state index contributed by atoms with van der Waals surface area (Å²) in [6.45, 7) is 4.43. The molecule has 1 aromatic carbocycles. The van der Waals surface area contributed by atoms with Gasteiger partial charge in [0.1, 0.15) is 5.82 Å². The van der Waals surface area contributed by atoms with Crippen molar-refractivity contribution in [1.82, 2.24) is 10.6 Å². The van der Waals surface area contributed by atoms with Gasteiger partial charge in [-0.05, 0) is 24.6 Å². The normalized spacial score (nSPS) is 19.6. The lowest BCUT2D eigenvalue weighted by molar-refractivity contribution is 0.0287. The molecule has 1 atom stereocenters. The summed E-state index contributed by atoms with van der Waals surface area (Å²) in [5, 5.41) is 5.95. The third kappa shape index (κ3) is 3.27. The van der Waals surface area contributed by atoms with Crippen molar-refractivity contribution in [3.8, 4) is 0 Å². The van der Waals surface area contributed by atoms with Gasteiger partial charge in [0.15, 0.2) is 0 Å². The highest BCUT2D eigenvalue weighted by atomic mass is 19.1. The van der Waals surface area contributed by atoms with E-state index in [1.54, 1.807) is 13.0 Å². The predicted molar refractivity (Wildman–Crippen MR) is 66.1 cm³/mol. The topological polar surface area (TPSA) is 50.4 Å². The third-order valence-corrected chi connectivity index (χ3v) is 2.94. The number of nitrogens with one attached hydrogen (secondary N) is 2. The fraction of sp³-hybridized carbons (Fsp3) is 0.462. The van der Waals surface area contributed by atoms with Gasteiger partial charge in [0, 0.05) is 25.2 Å². The Bertz CT molecular complexity index is 431. The van der Waals surface area contributed by atoms with Crippen molar-refractivity contribution in [3.05, 3.63) is 35.1 Å². The van der Waals surface area contributed by atoms with E-state index in [1.807, 2.05) is 0 Å². The second-order valence-corrected chi connectivity index (χ2v) is 4.37. The average molecular weight is 252 g/mol. The van der Waals surface area contributed by atoms with Crippen LogP contribution in [-0.4, -0.2) is 38.3 Å². The van der Waals surface area contributed by atoms with Gasteiger partial charge in [-0.2, -0.15) is 0 Å². The molecule has 1 aliphatic rings. The van der Waals surface area contributed by atoms with Crippen molar-refractivity contribution < 1.29 is 13.9 Å². The number of carbonyl (C=O) groups excluding carboxylic acids is 1. The monoisotopic (exact) mass is 252 g/mol. The van der Waals surface area contributed by atoms with E-state index in [2.05, 4.69) is 10.6 Å². The fourth-order valence-corrected chi connectivity index (χ4v) is 1.89. The fourth-order valence-electron chi connectivity index (χ4n) is 1.89. The molecule has 1 unspecified atom stereocenters. The van der Waals surface area contributed by atoms with Crippen LogP contribution >= 0.6 is 0 Å². The Kier molecular flexibility index (Phi) is 4.28. The Morgan fingerprint density at radius 1 is 1.61 bits per heavy atom. The molecule has 4 nitrogen and oxygen atoms in total. The highest BCUT2D eigenvalue weighted by molar-refractivity contribution is 5.95. The number of hydrogen-bond donors (Lipinski definition) is 2. The van der Waals surface area contributed by atoms with Gasteiger partial charge in [-0.25, -0.2) is 4.39 Å². The lowest BCUT2D eigenvalue weighted by atomic mass is 10.1. The molecule has 1 aliphatic heterocycles. The summed E-state index contributed by atoms with van der Waals surface area (Å²) in [5.74, 6) is -0.664. The van der Waals surface area contributed by atoms with Crippen LogP contribution in [0.3, 0.4) is 0 Å². The molecule has 1 heterocycles. The first-order valence-electron chi connectivity index (χ1n) is 6.03. The minimum Gasteiger partial charge on any atom is -0.374 e. The molecule has 2 rings (SSSR count). The summed E-state index contributed by atoms with van der Waals surface area (Å²) in [7, 11) is 0. The molecule has 0 aliphatic carbocycles. The summed E-state index contributed by atoms with van der Waals surface area (Å²) in [6, 6.07) is 4.20. The van der Waals surface area contributed by atoms with E-state index in [9.17, 15) is 9.18 Å². The molecule has 18 heavy (non-hydrogen) atoms. The zero-order valence-electron chi connectivity index (χ0n) is 10.3. The van der Waals surface area contributed by atoms with Crippen molar-refractivity contribution >= 4 is 5.91 Å². The van der Waals surface area contributed by atoms with Crippen molar-refractivity contribution in [2.24, 2.45) is 0 Å². The van der Waals surface area contributed by atoms with Gasteiger partial charge in [0.25, 0.3) is 5.91 Å². The Hall–Kier alpha value is -1.46. The molecule has 1 aromatic rings. The van der Waals surface area contributed by atoms with Crippen LogP contribution in [0.15, 0.2) is 18.2 Å². The zero-order valence-corrected chi connectivity index (χ0v) is 10.3. The quantitative estimate of drug-likeness (QED) is 0.838. The second-order valence-electron chi connectivity index (χ2n) is 4.37. The van der Waals surface area contributed by atoms with Crippen LogP contribution in [0.1, 0.15) is 15.9 Å². The van der Waals surface area contributed by atoms with Crippen molar-refractivity contribution in [2.45, 2.75) is 13.0 Å². The molecular weight excluding hydrogens is 235 g/mol. The maximum atomic E-state index is 13.1. The van der Waals surface area contributed by atoms with Crippen molar-refractivity contribution in [3.63, 3.8) is 0 Å². The Morgan fingerprint density at radius 2 is 2.44 bits per heavy atom. The molecule has 1 saturated heterocycles. The summed E-state index contributed by atoms with van der Waals surface area (Å²) in [6.07, 6.45) is -0.0171. The first-order chi connectivity index (χ1) is 8.66. The molecule has 0 bridgehead atoms. The maximum absolute atomic E-state index is 13.1. The summed E-state index contributed by atoms with van der Waals surface area (Å²) in [4.78, 5) is 11.9. The maximum Gasteiger partial charge on any atom is 0.251 e. The van der Waals surface area contributed by atoms with E-state index in [0.29, 0.717) is 18.7 Å². The van der Waals surface area contributed by atoms with Crippen LogP contribution < -0.4 is 10.6 Å². The van der Waals surface area contributed by atoms with Gasteiger partial charge >= 0.3 is 0 Å². The number of ether oxygens (including phenoxy) is 1. The number of amides is 1. The van der Waals surface area contributed by atoms with E-state index in [-0.39, 0.29) is 12.0 Å². The average Bonchev–Trinajstić information content (AvgIpc) is 2.40. The SMILES string of the molecule is Cc1ccc(F)cc1C(=O)NCC1CNCCO1. The largest absolute Gasteiger partial charge is 0.374 e. The van der Waals surface area contributed by atoms with E-state index in [1.165, 1.54) is 12.1 Å². The Labute approximate surface area is 106 Å². The van der Waals surface area contributed by atoms with Crippen molar-refractivity contribution in [2.75, 3.05) is 26.2 Å². The zero-order chi connectivity index (χ0) is 13.0. The molecule has 0 aromatic heterocycles. The van der Waals surface area contributed by atoms with E-state index in [4.69, 9.17) is 4.74 Å². The first-order valence-corrected chi connectivity index (χ1v) is 6.03. The molecular formula is C13H17FN2O2. The highest BCUT2D eigenvalue weighted by Gasteiger charge is 2.16. The lowest BCUT2D eigenvalue weighted by Gasteiger charge is -2.23. The van der Waals surface area contributed by atoms with E-state index < -0.39 is 5.82 Å². The van der Waals surface area contributed by atoms with Gasteiger partial charge in [0.05, 0.1) is 12.7 Å². The minimum absolute atomic E-state index is 0.0171. The Balaban J connectivity index is 1.92. The van der Waals surface area contributed by atoms with Crippen LogP contribution in [0.2, 0.25) is 0 Å².